The Hall–Kier alpha value is -3.13. The minimum Gasteiger partial charge on any atom is -0.484 e. The van der Waals surface area contributed by atoms with Gasteiger partial charge in [0.2, 0.25) is 0 Å². The van der Waals surface area contributed by atoms with E-state index in [0.29, 0.717) is 37.0 Å². The van der Waals surface area contributed by atoms with Gasteiger partial charge >= 0.3 is 0 Å². The molecular weight excluding hydrogens is 392 g/mol. The molecule has 0 aliphatic carbocycles. The van der Waals surface area contributed by atoms with Crippen LogP contribution in [-0.4, -0.2) is 63.1 Å². The second kappa shape index (κ2) is 8.48. The summed E-state index contributed by atoms with van der Waals surface area (Å²) in [6.07, 6.45) is 5.17. The van der Waals surface area contributed by atoms with Crippen LogP contribution in [-0.2, 0) is 4.79 Å². The van der Waals surface area contributed by atoms with Gasteiger partial charge in [0.15, 0.2) is 6.61 Å². The Balaban J connectivity index is 1.33. The van der Waals surface area contributed by atoms with Crippen molar-refractivity contribution >= 4 is 23.3 Å². The number of amides is 1. The van der Waals surface area contributed by atoms with Crippen molar-refractivity contribution in [1.29, 1.82) is 0 Å². The molecule has 150 valence electrons. The number of ether oxygens (including phenoxy) is 1. The van der Waals surface area contributed by atoms with Crippen molar-refractivity contribution < 1.29 is 9.53 Å². The minimum absolute atomic E-state index is 0.0131. The van der Waals surface area contributed by atoms with E-state index in [1.54, 1.807) is 36.8 Å². The highest BCUT2D eigenvalue weighted by Crippen LogP contribution is 2.18. The number of carbonyl (C=O) groups excluding carboxylic acids is 1. The molecule has 1 fully saturated rings. The van der Waals surface area contributed by atoms with E-state index in [-0.39, 0.29) is 12.5 Å². The third kappa shape index (κ3) is 4.48. The second-order valence-corrected chi connectivity index (χ2v) is 7.13. The SMILES string of the molecule is Cc1nccn1-c1cc(N2CCN(C(=O)COc3ccc(Cl)cc3)CC2)ncn1. The van der Waals surface area contributed by atoms with Crippen LogP contribution in [0.3, 0.4) is 0 Å². The maximum atomic E-state index is 12.4. The maximum Gasteiger partial charge on any atom is 0.260 e. The molecule has 0 spiro atoms. The fourth-order valence-electron chi connectivity index (χ4n) is 3.21. The largest absolute Gasteiger partial charge is 0.484 e. The number of anilines is 1. The molecule has 0 atom stereocenters. The molecule has 0 unspecified atom stereocenters. The first-order valence-corrected chi connectivity index (χ1v) is 9.71. The predicted octanol–water partition coefficient (Wildman–Crippen LogP) is 2.35. The quantitative estimate of drug-likeness (QED) is 0.640. The van der Waals surface area contributed by atoms with Crippen molar-refractivity contribution in [1.82, 2.24) is 24.4 Å². The van der Waals surface area contributed by atoms with Gasteiger partial charge in [0, 0.05) is 49.7 Å². The summed E-state index contributed by atoms with van der Waals surface area (Å²) in [6.45, 7) is 4.58. The fraction of sp³-hybridized carbons (Fsp3) is 0.300. The van der Waals surface area contributed by atoms with Crippen molar-refractivity contribution in [3.63, 3.8) is 0 Å². The fourth-order valence-corrected chi connectivity index (χ4v) is 3.34. The molecule has 2 aromatic heterocycles. The number of imidazole rings is 1. The van der Waals surface area contributed by atoms with Crippen LogP contribution in [0.4, 0.5) is 5.82 Å². The second-order valence-electron chi connectivity index (χ2n) is 6.69. The summed E-state index contributed by atoms with van der Waals surface area (Å²) in [4.78, 5) is 29.4. The average Bonchev–Trinajstić information content (AvgIpc) is 3.19. The van der Waals surface area contributed by atoms with Gasteiger partial charge in [-0.15, -0.1) is 0 Å². The average molecular weight is 413 g/mol. The first-order valence-electron chi connectivity index (χ1n) is 9.33. The summed E-state index contributed by atoms with van der Waals surface area (Å²) in [5.41, 5.74) is 0. The summed E-state index contributed by atoms with van der Waals surface area (Å²) in [5, 5.41) is 0.635. The zero-order valence-electron chi connectivity index (χ0n) is 16.0. The van der Waals surface area contributed by atoms with Crippen LogP contribution in [0, 0.1) is 6.92 Å². The molecule has 8 nitrogen and oxygen atoms in total. The van der Waals surface area contributed by atoms with Gasteiger partial charge in [-0.2, -0.15) is 0 Å². The minimum atomic E-state index is -0.0305. The monoisotopic (exact) mass is 412 g/mol. The molecule has 1 saturated heterocycles. The number of halogens is 1. The maximum absolute atomic E-state index is 12.4. The number of piperazine rings is 1. The normalized spacial score (nSPS) is 14.1. The van der Waals surface area contributed by atoms with Gasteiger partial charge in [-0.25, -0.2) is 15.0 Å². The standard InChI is InChI=1S/C20H21ClN6O2/c1-15-22-6-7-27(15)19-12-18(23-14-24-19)25-8-10-26(11-9-25)20(28)13-29-17-4-2-16(21)3-5-17/h2-7,12,14H,8-11,13H2,1H3. The van der Waals surface area contributed by atoms with E-state index in [4.69, 9.17) is 16.3 Å². The van der Waals surface area contributed by atoms with Crippen LogP contribution in [0.1, 0.15) is 5.82 Å². The smallest absolute Gasteiger partial charge is 0.260 e. The highest BCUT2D eigenvalue weighted by molar-refractivity contribution is 6.30. The molecule has 3 heterocycles. The highest BCUT2D eigenvalue weighted by atomic mass is 35.5. The Labute approximate surface area is 173 Å². The molecule has 1 aliphatic rings. The molecule has 0 bridgehead atoms. The van der Waals surface area contributed by atoms with E-state index in [1.165, 1.54) is 0 Å². The number of carbonyl (C=O) groups is 1. The molecule has 0 N–H and O–H groups in total. The zero-order chi connectivity index (χ0) is 20.2. The summed E-state index contributed by atoms with van der Waals surface area (Å²) in [7, 11) is 0. The van der Waals surface area contributed by atoms with E-state index in [2.05, 4.69) is 19.9 Å². The third-order valence-electron chi connectivity index (χ3n) is 4.84. The summed E-state index contributed by atoms with van der Waals surface area (Å²) in [6, 6.07) is 8.92. The van der Waals surface area contributed by atoms with E-state index in [1.807, 2.05) is 28.7 Å². The number of aromatic nitrogens is 4. The van der Waals surface area contributed by atoms with Gasteiger partial charge in [0.1, 0.15) is 29.5 Å². The van der Waals surface area contributed by atoms with Gasteiger partial charge in [-0.1, -0.05) is 11.6 Å². The van der Waals surface area contributed by atoms with Crippen molar-refractivity contribution in [3.05, 3.63) is 59.9 Å². The van der Waals surface area contributed by atoms with Gasteiger partial charge in [-0.05, 0) is 31.2 Å². The lowest BCUT2D eigenvalue weighted by atomic mass is 10.3. The molecule has 9 heteroatoms. The van der Waals surface area contributed by atoms with Crippen molar-refractivity contribution in [2.24, 2.45) is 0 Å². The summed E-state index contributed by atoms with van der Waals surface area (Å²) < 4.78 is 7.48. The molecule has 0 saturated carbocycles. The van der Waals surface area contributed by atoms with E-state index in [9.17, 15) is 4.79 Å². The molecule has 1 amide bonds. The number of hydrogen-bond donors (Lipinski definition) is 0. The Bertz CT molecular complexity index is 983. The summed E-state index contributed by atoms with van der Waals surface area (Å²) in [5.74, 6) is 3.08. The van der Waals surface area contributed by atoms with Crippen LogP contribution in [0.2, 0.25) is 5.02 Å². The number of hydrogen-bond acceptors (Lipinski definition) is 6. The molecular formula is C20H21ClN6O2. The van der Waals surface area contributed by atoms with Gasteiger partial charge in [-0.3, -0.25) is 9.36 Å². The molecule has 1 aromatic carbocycles. The molecule has 29 heavy (non-hydrogen) atoms. The molecule has 3 aromatic rings. The lowest BCUT2D eigenvalue weighted by Crippen LogP contribution is -2.50. The van der Waals surface area contributed by atoms with Crippen LogP contribution < -0.4 is 9.64 Å². The number of benzene rings is 1. The molecule has 0 radical (unpaired) electrons. The third-order valence-corrected chi connectivity index (χ3v) is 5.10. The Morgan fingerprint density at radius 3 is 2.48 bits per heavy atom. The Kier molecular flexibility index (Phi) is 5.62. The number of aryl methyl sites for hydroxylation is 1. The van der Waals surface area contributed by atoms with Crippen molar-refractivity contribution in [2.75, 3.05) is 37.7 Å². The first-order chi connectivity index (χ1) is 14.1. The lowest BCUT2D eigenvalue weighted by Gasteiger charge is -2.35. The lowest BCUT2D eigenvalue weighted by molar-refractivity contribution is -0.133. The van der Waals surface area contributed by atoms with Crippen molar-refractivity contribution in [3.8, 4) is 11.6 Å². The number of nitrogens with zero attached hydrogens (tertiary/aromatic N) is 6. The van der Waals surface area contributed by atoms with Gasteiger partial charge in [0.05, 0.1) is 0 Å². The van der Waals surface area contributed by atoms with Crippen LogP contribution in [0.25, 0.3) is 5.82 Å². The summed E-state index contributed by atoms with van der Waals surface area (Å²) >= 11 is 5.86. The van der Waals surface area contributed by atoms with Crippen LogP contribution >= 0.6 is 11.6 Å². The first kappa shape index (κ1) is 19.2. The Morgan fingerprint density at radius 1 is 1.07 bits per heavy atom. The van der Waals surface area contributed by atoms with Crippen LogP contribution in [0.15, 0.2) is 49.1 Å². The highest BCUT2D eigenvalue weighted by Gasteiger charge is 2.22. The molecule has 1 aliphatic heterocycles. The van der Waals surface area contributed by atoms with Gasteiger partial charge in [0.25, 0.3) is 5.91 Å². The van der Waals surface area contributed by atoms with E-state index in [0.717, 1.165) is 17.5 Å². The number of rotatable bonds is 5. The van der Waals surface area contributed by atoms with E-state index < -0.39 is 0 Å². The zero-order valence-corrected chi connectivity index (χ0v) is 16.8. The Morgan fingerprint density at radius 2 is 1.79 bits per heavy atom. The van der Waals surface area contributed by atoms with Gasteiger partial charge < -0.3 is 14.5 Å². The topological polar surface area (TPSA) is 76.4 Å². The van der Waals surface area contributed by atoms with E-state index >= 15 is 0 Å². The predicted molar refractivity (Wildman–Crippen MR) is 110 cm³/mol. The van der Waals surface area contributed by atoms with Crippen LogP contribution in [0.5, 0.6) is 5.75 Å². The van der Waals surface area contributed by atoms with Crippen molar-refractivity contribution in [2.45, 2.75) is 6.92 Å². The molecule has 4 rings (SSSR count).